The van der Waals surface area contributed by atoms with Gasteiger partial charge in [0.05, 0.1) is 18.3 Å². The Labute approximate surface area is 216 Å². The first-order chi connectivity index (χ1) is 17.8. The third kappa shape index (κ3) is 5.26. The molecule has 194 valence electrons. The van der Waals surface area contributed by atoms with E-state index in [-0.39, 0.29) is 29.7 Å². The normalized spacial score (nSPS) is 17.3. The lowest BCUT2D eigenvalue weighted by Gasteiger charge is -2.37. The number of methoxy groups -OCH3 is 1. The second-order valence-electron chi connectivity index (χ2n) is 8.22. The lowest BCUT2D eigenvalue weighted by molar-refractivity contribution is -0.140. The molecule has 1 saturated heterocycles. The molecule has 2 amide bonds. The number of anilines is 2. The van der Waals surface area contributed by atoms with E-state index in [0.717, 1.165) is 6.07 Å². The Bertz CT molecular complexity index is 1370. The molecule has 3 aromatic rings. The summed E-state index contributed by atoms with van der Waals surface area (Å²) in [6.45, 7) is 3.80. The number of likely N-dealkylation sites (N-methyl/N-ethyl adjacent to an activating group) is 1. The number of rotatable bonds is 7. The number of carbonyl (C=O) groups excluding carboxylic acids is 2. The van der Waals surface area contributed by atoms with Gasteiger partial charge in [-0.1, -0.05) is 18.2 Å². The number of amides is 2. The number of hydrogen-bond donors (Lipinski definition) is 2. The van der Waals surface area contributed by atoms with E-state index in [1.807, 2.05) is 0 Å². The van der Waals surface area contributed by atoms with Crippen molar-refractivity contribution in [2.75, 3.05) is 26.0 Å². The second-order valence-corrected chi connectivity index (χ2v) is 8.60. The molecular weight excluding hydrogens is 508 g/mol. The average molecular weight is 532 g/mol. The summed E-state index contributed by atoms with van der Waals surface area (Å²) in [5.41, 5.74) is 0.405. The van der Waals surface area contributed by atoms with Gasteiger partial charge >= 0.3 is 0 Å². The van der Waals surface area contributed by atoms with E-state index in [0.29, 0.717) is 35.4 Å². The van der Waals surface area contributed by atoms with Crippen LogP contribution in [0.3, 0.4) is 0 Å². The summed E-state index contributed by atoms with van der Waals surface area (Å²) < 4.78 is 39.8. The molecule has 2 atom stereocenters. The maximum atomic E-state index is 14.5. The van der Waals surface area contributed by atoms with E-state index in [1.54, 1.807) is 12.1 Å². The maximum absolute atomic E-state index is 14.5. The molecule has 0 bridgehead atoms. The zero-order valence-corrected chi connectivity index (χ0v) is 20.8. The van der Waals surface area contributed by atoms with E-state index >= 15 is 0 Å². The van der Waals surface area contributed by atoms with Crippen LogP contribution in [0.5, 0.6) is 11.5 Å². The topological polar surface area (TPSA) is 106 Å². The summed E-state index contributed by atoms with van der Waals surface area (Å²) in [5, 5.41) is 5.24. The molecule has 1 fully saturated rings. The molecule has 1 aliphatic rings. The van der Waals surface area contributed by atoms with Crippen LogP contribution in [0.15, 0.2) is 43.2 Å². The van der Waals surface area contributed by atoms with Crippen molar-refractivity contribution in [2.45, 2.75) is 25.0 Å². The van der Waals surface area contributed by atoms with E-state index in [9.17, 15) is 18.4 Å². The first-order valence-electron chi connectivity index (χ1n) is 11.3. The first kappa shape index (κ1) is 26.1. The Kier molecular flexibility index (Phi) is 7.72. The number of aromatic nitrogens is 2. The minimum Gasteiger partial charge on any atom is -0.493 e. The van der Waals surface area contributed by atoms with Crippen LogP contribution in [0.4, 0.5) is 20.3 Å². The first-order valence-corrected chi connectivity index (χ1v) is 11.7. The fourth-order valence-corrected chi connectivity index (χ4v) is 4.35. The molecular formula is C25H24ClF2N5O4. The zero-order chi connectivity index (χ0) is 26.7. The van der Waals surface area contributed by atoms with Gasteiger partial charge in [-0.2, -0.15) is 0 Å². The zero-order valence-electron chi connectivity index (χ0n) is 20.1. The predicted octanol–water partition coefficient (Wildman–Crippen LogP) is 3.98. The van der Waals surface area contributed by atoms with Crippen molar-refractivity contribution < 1.29 is 27.8 Å². The summed E-state index contributed by atoms with van der Waals surface area (Å²) in [7, 11) is 2.98. The monoisotopic (exact) mass is 531 g/mol. The summed E-state index contributed by atoms with van der Waals surface area (Å²) in [4.78, 5) is 34.6. The lowest BCUT2D eigenvalue weighted by atomic mass is 9.98. The number of nitrogens with zero attached hydrogens (tertiary/aromatic N) is 3. The largest absolute Gasteiger partial charge is 0.493 e. The third-order valence-electron chi connectivity index (χ3n) is 6.06. The number of likely N-dealkylation sites (tertiary alicyclic amines) is 1. The van der Waals surface area contributed by atoms with E-state index < -0.39 is 28.8 Å². The molecule has 1 aromatic heterocycles. The third-order valence-corrected chi connectivity index (χ3v) is 6.41. The van der Waals surface area contributed by atoms with Gasteiger partial charge in [-0.15, -0.1) is 0 Å². The molecule has 37 heavy (non-hydrogen) atoms. The molecule has 0 saturated carbocycles. The van der Waals surface area contributed by atoms with Gasteiger partial charge in [-0.3, -0.25) is 9.59 Å². The summed E-state index contributed by atoms with van der Waals surface area (Å²) >= 11 is 5.71. The molecule has 1 aliphatic heterocycles. The number of benzene rings is 2. The molecule has 0 aliphatic carbocycles. The van der Waals surface area contributed by atoms with Crippen LogP contribution >= 0.6 is 11.6 Å². The van der Waals surface area contributed by atoms with Gasteiger partial charge in [0.25, 0.3) is 0 Å². The number of carbonyl (C=O) groups is 2. The van der Waals surface area contributed by atoms with Crippen molar-refractivity contribution >= 4 is 45.8 Å². The van der Waals surface area contributed by atoms with Crippen LogP contribution in [0, 0.1) is 11.6 Å². The maximum Gasteiger partial charge on any atom is 0.246 e. The van der Waals surface area contributed by atoms with Crippen molar-refractivity contribution in [1.82, 2.24) is 20.2 Å². The lowest BCUT2D eigenvalue weighted by Crippen LogP contribution is -2.54. The fraction of sp³-hybridized carbons (Fsp3) is 0.280. The van der Waals surface area contributed by atoms with Crippen molar-refractivity contribution in [3.63, 3.8) is 0 Å². The van der Waals surface area contributed by atoms with Crippen LogP contribution < -0.4 is 20.1 Å². The summed E-state index contributed by atoms with van der Waals surface area (Å²) in [5.74, 6) is -1.53. The minimum absolute atomic E-state index is 0.0719. The van der Waals surface area contributed by atoms with Gasteiger partial charge in [-0.25, -0.2) is 18.7 Å². The second kappa shape index (κ2) is 11.0. The van der Waals surface area contributed by atoms with Crippen molar-refractivity contribution in [3.8, 4) is 11.5 Å². The highest BCUT2D eigenvalue weighted by atomic mass is 35.5. The van der Waals surface area contributed by atoms with Gasteiger partial charge in [0.15, 0.2) is 17.3 Å². The number of fused-ring (bicyclic) bond motifs is 1. The molecule has 2 aromatic carbocycles. The highest BCUT2D eigenvalue weighted by molar-refractivity contribution is 6.31. The van der Waals surface area contributed by atoms with Crippen molar-refractivity contribution in [2.24, 2.45) is 0 Å². The van der Waals surface area contributed by atoms with Gasteiger partial charge < -0.3 is 25.0 Å². The van der Waals surface area contributed by atoms with Crippen molar-refractivity contribution in [3.05, 3.63) is 59.9 Å². The predicted molar refractivity (Wildman–Crippen MR) is 134 cm³/mol. The van der Waals surface area contributed by atoms with Gasteiger partial charge in [0.2, 0.25) is 11.8 Å². The number of halogens is 3. The Morgan fingerprint density at radius 3 is 2.73 bits per heavy atom. The Balaban J connectivity index is 1.66. The molecule has 0 radical (unpaired) electrons. The highest BCUT2D eigenvalue weighted by Gasteiger charge is 2.36. The quantitative estimate of drug-likeness (QED) is 0.351. The van der Waals surface area contributed by atoms with Gasteiger partial charge in [0.1, 0.15) is 35.1 Å². The van der Waals surface area contributed by atoms with Gasteiger partial charge in [-0.05, 0) is 24.3 Å². The van der Waals surface area contributed by atoms with Crippen molar-refractivity contribution in [1.29, 1.82) is 0 Å². The van der Waals surface area contributed by atoms with E-state index in [1.165, 1.54) is 37.5 Å². The molecule has 12 heteroatoms. The molecule has 2 N–H and O–H groups in total. The van der Waals surface area contributed by atoms with E-state index in [4.69, 9.17) is 21.1 Å². The Morgan fingerprint density at radius 1 is 1.24 bits per heavy atom. The molecule has 4 rings (SSSR count). The van der Waals surface area contributed by atoms with Crippen LogP contribution in [0.25, 0.3) is 10.9 Å². The minimum atomic E-state index is -0.959. The van der Waals surface area contributed by atoms with Crippen LogP contribution in [0.2, 0.25) is 5.02 Å². The average Bonchev–Trinajstić information content (AvgIpc) is 2.92. The molecule has 0 unspecified atom stereocenters. The smallest absolute Gasteiger partial charge is 0.246 e. The molecule has 0 spiro atoms. The number of hydrogen-bond acceptors (Lipinski definition) is 7. The number of nitrogens with one attached hydrogen (secondary N) is 2. The van der Waals surface area contributed by atoms with E-state index in [2.05, 4.69) is 27.2 Å². The highest BCUT2D eigenvalue weighted by Crippen LogP contribution is 2.37. The summed E-state index contributed by atoms with van der Waals surface area (Å²) in [6.07, 6.45) is 2.75. The summed E-state index contributed by atoms with van der Waals surface area (Å²) in [6, 6.07) is 4.80. The van der Waals surface area contributed by atoms with Crippen LogP contribution in [0.1, 0.15) is 12.8 Å². The standard InChI is InChI=1S/C25H24ClF2N5O4/c1-4-21(34)33-8-7-13(9-18(33)25(35)29-2)37-20-10-14-17(11-19(20)36-3)30-12-31-24(14)32-16-6-5-15(27)22(26)23(16)28/h4-6,10-13,18H,1,7-9H2,2-3H3,(H,29,35)(H,30,31,32)/t13-,18-/m1/s1. The Hall–Kier alpha value is -3.99. The number of ether oxygens (including phenoxy) is 2. The van der Waals surface area contributed by atoms with Crippen LogP contribution in [-0.2, 0) is 9.59 Å². The fourth-order valence-electron chi connectivity index (χ4n) is 4.18. The molecule has 2 heterocycles. The van der Waals surface area contributed by atoms with Gasteiger partial charge in [0, 0.05) is 37.9 Å². The number of piperidine rings is 1. The SMILES string of the molecule is C=CC(=O)N1CC[C@@H](Oc2cc3c(Nc4ccc(F)c(Cl)c4F)ncnc3cc2OC)C[C@@H]1C(=O)NC. The van der Waals surface area contributed by atoms with Crippen LogP contribution in [-0.4, -0.2) is 59.5 Å². The Morgan fingerprint density at radius 2 is 2.03 bits per heavy atom. The molecule has 9 nitrogen and oxygen atoms in total.